The van der Waals surface area contributed by atoms with E-state index in [0.29, 0.717) is 12.1 Å². The number of hydrogen-bond donors (Lipinski definition) is 2. The third kappa shape index (κ3) is 2.54. The number of aryl methyl sites for hydroxylation is 1. The van der Waals surface area contributed by atoms with Gasteiger partial charge in [-0.2, -0.15) is 5.10 Å². The van der Waals surface area contributed by atoms with Gasteiger partial charge in [-0.25, -0.2) is 4.79 Å². The monoisotopic (exact) mass is 317 g/mol. The molecule has 4 bridgehead atoms. The number of aromatic carboxylic acids is 1. The average Bonchev–Trinajstić information content (AvgIpc) is 2.77. The zero-order valence-electron chi connectivity index (χ0n) is 13.4. The molecule has 4 saturated carbocycles. The standard InChI is InChI=1S/C17H23N3O3/c1-20-15(16(22)23)13(9-18-20)19-14(21)8-17-5-10-2-11(6-17)4-12(3-10)7-17/h9-12H,2-8H2,1H3,(H,19,21)(H,22,23). The number of anilines is 1. The molecule has 4 aliphatic carbocycles. The normalized spacial score (nSPS) is 34.6. The van der Waals surface area contributed by atoms with Crippen LogP contribution in [0.25, 0.3) is 0 Å². The number of aromatic nitrogens is 2. The van der Waals surface area contributed by atoms with Crippen LogP contribution in [0, 0.1) is 23.2 Å². The molecule has 0 spiro atoms. The number of carbonyl (C=O) groups is 2. The fourth-order valence-corrected chi connectivity index (χ4v) is 5.82. The quantitative estimate of drug-likeness (QED) is 0.894. The van der Waals surface area contributed by atoms with Crippen LogP contribution in [0.15, 0.2) is 6.20 Å². The van der Waals surface area contributed by atoms with Crippen molar-refractivity contribution >= 4 is 17.6 Å². The Morgan fingerprint density at radius 3 is 2.35 bits per heavy atom. The highest BCUT2D eigenvalue weighted by molar-refractivity contribution is 5.99. The Balaban J connectivity index is 1.48. The number of carboxylic acids is 1. The predicted octanol–water partition coefficient (Wildman–Crippen LogP) is 2.66. The number of carboxylic acid groups (broad SMARTS) is 1. The molecule has 1 aromatic rings. The minimum atomic E-state index is -1.07. The number of rotatable bonds is 4. The van der Waals surface area contributed by atoms with Gasteiger partial charge in [0.1, 0.15) is 0 Å². The first-order valence-corrected chi connectivity index (χ1v) is 8.49. The van der Waals surface area contributed by atoms with Crippen LogP contribution in [0.1, 0.15) is 55.4 Å². The molecule has 2 N–H and O–H groups in total. The van der Waals surface area contributed by atoms with E-state index in [-0.39, 0.29) is 17.0 Å². The summed E-state index contributed by atoms with van der Waals surface area (Å²) in [6.45, 7) is 0. The van der Waals surface area contributed by atoms with E-state index >= 15 is 0 Å². The van der Waals surface area contributed by atoms with Crippen molar-refractivity contribution in [2.24, 2.45) is 30.2 Å². The van der Waals surface area contributed by atoms with E-state index < -0.39 is 5.97 Å². The fraction of sp³-hybridized carbons (Fsp3) is 0.706. The van der Waals surface area contributed by atoms with Crippen molar-refractivity contribution in [2.75, 3.05) is 5.32 Å². The zero-order chi connectivity index (χ0) is 16.2. The average molecular weight is 317 g/mol. The van der Waals surface area contributed by atoms with Gasteiger partial charge in [-0.15, -0.1) is 0 Å². The van der Waals surface area contributed by atoms with E-state index in [2.05, 4.69) is 10.4 Å². The molecule has 4 aliphatic rings. The summed E-state index contributed by atoms with van der Waals surface area (Å²) in [5.41, 5.74) is 0.489. The van der Waals surface area contributed by atoms with E-state index in [4.69, 9.17) is 0 Å². The molecule has 0 unspecified atom stereocenters. The fourth-order valence-electron chi connectivity index (χ4n) is 5.82. The Morgan fingerprint density at radius 1 is 1.26 bits per heavy atom. The van der Waals surface area contributed by atoms with Gasteiger partial charge in [-0.1, -0.05) is 0 Å². The molecule has 1 aromatic heterocycles. The molecule has 124 valence electrons. The molecule has 0 aliphatic heterocycles. The Morgan fingerprint density at radius 2 is 1.83 bits per heavy atom. The van der Waals surface area contributed by atoms with Crippen LogP contribution in [-0.4, -0.2) is 26.8 Å². The van der Waals surface area contributed by atoms with Crippen molar-refractivity contribution in [3.63, 3.8) is 0 Å². The smallest absolute Gasteiger partial charge is 0.356 e. The van der Waals surface area contributed by atoms with Crippen molar-refractivity contribution in [2.45, 2.75) is 44.9 Å². The van der Waals surface area contributed by atoms with Gasteiger partial charge in [-0.05, 0) is 61.7 Å². The van der Waals surface area contributed by atoms with Gasteiger partial charge in [0.05, 0.1) is 11.9 Å². The Labute approximate surface area is 135 Å². The van der Waals surface area contributed by atoms with Crippen molar-refractivity contribution in [1.29, 1.82) is 0 Å². The SMILES string of the molecule is Cn1ncc(NC(=O)CC23CC4CC(CC(C4)C2)C3)c1C(=O)O. The van der Waals surface area contributed by atoms with E-state index in [1.54, 1.807) is 7.05 Å². The van der Waals surface area contributed by atoms with Crippen LogP contribution in [0.4, 0.5) is 5.69 Å². The summed E-state index contributed by atoms with van der Waals surface area (Å²) in [7, 11) is 1.57. The number of nitrogens with zero attached hydrogens (tertiary/aromatic N) is 2. The maximum Gasteiger partial charge on any atom is 0.356 e. The van der Waals surface area contributed by atoms with Crippen LogP contribution in [0.2, 0.25) is 0 Å². The van der Waals surface area contributed by atoms with Gasteiger partial charge < -0.3 is 10.4 Å². The molecule has 6 heteroatoms. The third-order valence-electron chi connectivity index (χ3n) is 6.12. The summed E-state index contributed by atoms with van der Waals surface area (Å²) < 4.78 is 1.28. The maximum absolute atomic E-state index is 12.5. The van der Waals surface area contributed by atoms with Crippen molar-refractivity contribution in [3.8, 4) is 0 Å². The summed E-state index contributed by atoms with van der Waals surface area (Å²) in [4.78, 5) is 23.8. The number of hydrogen-bond acceptors (Lipinski definition) is 3. The molecule has 0 saturated heterocycles. The lowest BCUT2D eigenvalue weighted by atomic mass is 9.49. The van der Waals surface area contributed by atoms with Gasteiger partial charge in [0.15, 0.2) is 5.69 Å². The van der Waals surface area contributed by atoms with E-state index in [1.807, 2.05) is 0 Å². The molecule has 1 amide bonds. The largest absolute Gasteiger partial charge is 0.476 e. The Bertz CT molecular complexity index is 629. The van der Waals surface area contributed by atoms with Crippen molar-refractivity contribution in [1.82, 2.24) is 9.78 Å². The second-order valence-electron chi connectivity index (χ2n) is 7.98. The molecule has 4 fully saturated rings. The second-order valence-corrected chi connectivity index (χ2v) is 7.98. The lowest BCUT2D eigenvalue weighted by Crippen LogP contribution is -2.47. The second kappa shape index (κ2) is 5.08. The highest BCUT2D eigenvalue weighted by atomic mass is 16.4. The Kier molecular flexibility index (Phi) is 3.25. The molecule has 0 radical (unpaired) electrons. The number of amides is 1. The molecular formula is C17H23N3O3. The summed E-state index contributed by atoms with van der Waals surface area (Å²) in [5.74, 6) is 1.28. The maximum atomic E-state index is 12.5. The lowest BCUT2D eigenvalue weighted by Gasteiger charge is -2.56. The highest BCUT2D eigenvalue weighted by Crippen LogP contribution is 2.61. The molecule has 0 atom stereocenters. The zero-order valence-corrected chi connectivity index (χ0v) is 13.4. The molecule has 1 heterocycles. The highest BCUT2D eigenvalue weighted by Gasteiger charge is 2.51. The van der Waals surface area contributed by atoms with Crippen molar-refractivity contribution < 1.29 is 14.7 Å². The van der Waals surface area contributed by atoms with Crippen LogP contribution < -0.4 is 5.32 Å². The van der Waals surface area contributed by atoms with Gasteiger partial charge in [-0.3, -0.25) is 9.48 Å². The lowest BCUT2D eigenvalue weighted by molar-refractivity contribution is -0.124. The van der Waals surface area contributed by atoms with Gasteiger partial charge >= 0.3 is 5.97 Å². The molecule has 6 nitrogen and oxygen atoms in total. The van der Waals surface area contributed by atoms with Crippen LogP contribution in [-0.2, 0) is 11.8 Å². The van der Waals surface area contributed by atoms with Gasteiger partial charge in [0.25, 0.3) is 0 Å². The minimum Gasteiger partial charge on any atom is -0.476 e. The first-order valence-electron chi connectivity index (χ1n) is 8.49. The molecule has 23 heavy (non-hydrogen) atoms. The van der Waals surface area contributed by atoms with E-state index in [9.17, 15) is 14.7 Å². The summed E-state index contributed by atoms with van der Waals surface area (Å²) in [5, 5.41) is 16.0. The van der Waals surface area contributed by atoms with Crippen LogP contribution in [0.5, 0.6) is 0 Å². The third-order valence-corrected chi connectivity index (χ3v) is 6.12. The minimum absolute atomic E-state index is 0.0314. The molecular weight excluding hydrogens is 294 g/mol. The number of carbonyl (C=O) groups excluding carboxylic acids is 1. The topological polar surface area (TPSA) is 84.2 Å². The van der Waals surface area contributed by atoms with E-state index in [0.717, 1.165) is 17.8 Å². The van der Waals surface area contributed by atoms with Gasteiger partial charge in [0, 0.05) is 13.5 Å². The summed E-state index contributed by atoms with van der Waals surface area (Å²) in [6.07, 6.45) is 9.51. The van der Waals surface area contributed by atoms with Crippen molar-refractivity contribution in [3.05, 3.63) is 11.9 Å². The first kappa shape index (κ1) is 14.7. The number of nitrogens with one attached hydrogen (secondary N) is 1. The molecule has 0 aromatic carbocycles. The molecule has 5 rings (SSSR count). The summed E-state index contributed by atoms with van der Waals surface area (Å²) >= 11 is 0. The predicted molar refractivity (Wildman–Crippen MR) is 84.0 cm³/mol. The van der Waals surface area contributed by atoms with Crippen LogP contribution in [0.3, 0.4) is 0 Å². The Hall–Kier alpha value is -1.85. The van der Waals surface area contributed by atoms with Crippen LogP contribution >= 0.6 is 0 Å². The first-order chi connectivity index (χ1) is 10.9. The van der Waals surface area contributed by atoms with E-state index in [1.165, 1.54) is 49.4 Å². The van der Waals surface area contributed by atoms with Gasteiger partial charge in [0.2, 0.25) is 5.91 Å². The summed E-state index contributed by atoms with van der Waals surface area (Å²) in [6, 6.07) is 0.